The Morgan fingerprint density at radius 1 is 1.14 bits per heavy atom. The third kappa shape index (κ3) is 3.31. The van der Waals surface area contributed by atoms with E-state index in [0.717, 1.165) is 24.1 Å². The number of hydrogen-bond acceptors (Lipinski definition) is 3. The zero-order valence-electron chi connectivity index (χ0n) is 11.3. The number of anilines is 1. The van der Waals surface area contributed by atoms with Crippen molar-refractivity contribution in [2.45, 2.75) is 19.3 Å². The second-order valence-corrected chi connectivity index (χ2v) is 5.18. The summed E-state index contributed by atoms with van der Waals surface area (Å²) in [6.45, 7) is 0. The van der Waals surface area contributed by atoms with Gasteiger partial charge in [-0.15, -0.1) is 0 Å². The zero-order chi connectivity index (χ0) is 14.8. The molecule has 0 bridgehead atoms. The van der Waals surface area contributed by atoms with Gasteiger partial charge >= 0.3 is 5.97 Å². The number of carboxylic acids is 1. The first-order valence-electron chi connectivity index (χ1n) is 6.83. The Bertz CT molecular complexity index is 668. The Morgan fingerprint density at radius 2 is 1.86 bits per heavy atom. The van der Waals surface area contributed by atoms with Gasteiger partial charge in [0, 0.05) is 17.2 Å². The van der Waals surface area contributed by atoms with Crippen LogP contribution in [0.25, 0.3) is 11.3 Å². The normalized spacial score (nSPS) is 13.9. The van der Waals surface area contributed by atoms with Crippen molar-refractivity contribution < 1.29 is 19.1 Å². The fourth-order valence-electron chi connectivity index (χ4n) is 2.08. The molecule has 0 saturated heterocycles. The second kappa shape index (κ2) is 5.44. The molecule has 1 aliphatic carbocycles. The van der Waals surface area contributed by atoms with E-state index in [-0.39, 0.29) is 18.2 Å². The maximum atomic E-state index is 11.7. The van der Waals surface area contributed by atoms with Crippen LogP contribution in [0.15, 0.2) is 40.8 Å². The molecule has 1 aromatic heterocycles. The minimum Gasteiger partial charge on any atom is -0.481 e. The van der Waals surface area contributed by atoms with E-state index in [2.05, 4.69) is 5.32 Å². The molecule has 5 nitrogen and oxygen atoms in total. The molecule has 21 heavy (non-hydrogen) atoms. The maximum Gasteiger partial charge on any atom is 0.311 e. The summed E-state index contributed by atoms with van der Waals surface area (Å²) in [4.78, 5) is 22.3. The number of carbonyl (C=O) groups excluding carboxylic acids is 1. The molecule has 5 heteroatoms. The molecule has 0 radical (unpaired) electrons. The van der Waals surface area contributed by atoms with E-state index in [0.29, 0.717) is 11.5 Å². The first kappa shape index (κ1) is 13.4. The smallest absolute Gasteiger partial charge is 0.311 e. The van der Waals surface area contributed by atoms with Gasteiger partial charge in [0.2, 0.25) is 5.91 Å². The molecular weight excluding hydrogens is 270 g/mol. The van der Waals surface area contributed by atoms with Gasteiger partial charge in [-0.1, -0.05) is 0 Å². The van der Waals surface area contributed by atoms with Crippen LogP contribution in [0.1, 0.15) is 18.6 Å². The fraction of sp³-hybridized carbons (Fsp3) is 0.250. The standard InChI is InChI=1S/C16H15NO4/c18-15(19)9-13-7-8-14(21-13)10-3-5-12(6-4-10)17-16(20)11-1-2-11/h3-8,11H,1-2,9H2,(H,17,20)(H,18,19). The molecule has 1 amide bonds. The van der Waals surface area contributed by atoms with Crippen LogP contribution in [0, 0.1) is 5.92 Å². The summed E-state index contributed by atoms with van der Waals surface area (Å²) < 4.78 is 5.48. The van der Waals surface area contributed by atoms with Crippen molar-refractivity contribution >= 4 is 17.6 Å². The topological polar surface area (TPSA) is 79.5 Å². The van der Waals surface area contributed by atoms with Gasteiger partial charge in [-0.25, -0.2) is 0 Å². The van der Waals surface area contributed by atoms with Gasteiger partial charge in [-0.2, -0.15) is 0 Å². The summed E-state index contributed by atoms with van der Waals surface area (Å²) in [5.74, 6) is 0.363. The van der Waals surface area contributed by atoms with E-state index in [9.17, 15) is 9.59 Å². The monoisotopic (exact) mass is 285 g/mol. The van der Waals surface area contributed by atoms with Gasteiger partial charge in [-0.3, -0.25) is 9.59 Å². The number of carboxylic acid groups (broad SMARTS) is 1. The molecule has 0 aliphatic heterocycles. The minimum absolute atomic E-state index is 0.0736. The van der Waals surface area contributed by atoms with Gasteiger partial charge in [0.15, 0.2) is 0 Å². The summed E-state index contributed by atoms with van der Waals surface area (Å²) in [6.07, 6.45) is 1.82. The van der Waals surface area contributed by atoms with Crippen molar-refractivity contribution in [1.82, 2.24) is 0 Å². The third-order valence-electron chi connectivity index (χ3n) is 3.37. The molecular formula is C16H15NO4. The minimum atomic E-state index is -0.922. The van der Waals surface area contributed by atoms with Crippen molar-refractivity contribution in [3.8, 4) is 11.3 Å². The number of carbonyl (C=O) groups is 2. The van der Waals surface area contributed by atoms with Crippen LogP contribution in [0.4, 0.5) is 5.69 Å². The van der Waals surface area contributed by atoms with Crippen LogP contribution in [-0.2, 0) is 16.0 Å². The van der Waals surface area contributed by atoms with E-state index in [4.69, 9.17) is 9.52 Å². The van der Waals surface area contributed by atoms with Gasteiger partial charge in [0.05, 0.1) is 0 Å². The number of aliphatic carboxylic acids is 1. The first-order valence-corrected chi connectivity index (χ1v) is 6.83. The molecule has 2 aromatic rings. The van der Waals surface area contributed by atoms with E-state index in [1.807, 2.05) is 24.3 Å². The predicted octanol–water partition coefficient (Wildman–Crippen LogP) is 2.92. The molecule has 1 fully saturated rings. The Morgan fingerprint density at radius 3 is 2.48 bits per heavy atom. The molecule has 108 valence electrons. The average molecular weight is 285 g/mol. The zero-order valence-corrected chi connectivity index (χ0v) is 11.3. The van der Waals surface area contributed by atoms with Crippen LogP contribution >= 0.6 is 0 Å². The molecule has 3 rings (SSSR count). The lowest BCUT2D eigenvalue weighted by Crippen LogP contribution is -2.12. The largest absolute Gasteiger partial charge is 0.481 e. The fourth-order valence-corrected chi connectivity index (χ4v) is 2.08. The van der Waals surface area contributed by atoms with Crippen LogP contribution in [0.2, 0.25) is 0 Å². The number of furan rings is 1. The van der Waals surface area contributed by atoms with E-state index >= 15 is 0 Å². The Labute approximate surface area is 121 Å². The van der Waals surface area contributed by atoms with Crippen LogP contribution in [0.5, 0.6) is 0 Å². The number of hydrogen-bond donors (Lipinski definition) is 2. The number of amides is 1. The molecule has 1 aromatic carbocycles. The SMILES string of the molecule is O=C(O)Cc1ccc(-c2ccc(NC(=O)C3CC3)cc2)o1. The highest BCUT2D eigenvalue weighted by Crippen LogP contribution is 2.30. The lowest BCUT2D eigenvalue weighted by molar-refractivity contribution is -0.136. The highest BCUT2D eigenvalue weighted by molar-refractivity contribution is 5.94. The molecule has 1 heterocycles. The average Bonchev–Trinajstić information content (AvgIpc) is 3.20. The molecule has 0 unspecified atom stereocenters. The highest BCUT2D eigenvalue weighted by Gasteiger charge is 2.29. The Kier molecular flexibility index (Phi) is 3.48. The van der Waals surface area contributed by atoms with Crippen molar-refractivity contribution in [1.29, 1.82) is 0 Å². The molecule has 0 spiro atoms. The summed E-state index contributed by atoms with van der Waals surface area (Å²) in [5.41, 5.74) is 1.60. The third-order valence-corrected chi connectivity index (χ3v) is 3.37. The van der Waals surface area contributed by atoms with E-state index < -0.39 is 5.97 Å². The number of nitrogens with one attached hydrogen (secondary N) is 1. The molecule has 1 aliphatic rings. The van der Waals surface area contributed by atoms with Crippen molar-refractivity contribution in [3.05, 3.63) is 42.2 Å². The lowest BCUT2D eigenvalue weighted by atomic mass is 10.1. The highest BCUT2D eigenvalue weighted by atomic mass is 16.4. The number of benzene rings is 1. The van der Waals surface area contributed by atoms with E-state index in [1.54, 1.807) is 12.1 Å². The summed E-state index contributed by atoms with van der Waals surface area (Å²) in [7, 11) is 0. The summed E-state index contributed by atoms with van der Waals surface area (Å²) in [6, 6.07) is 10.7. The first-order chi connectivity index (χ1) is 10.1. The predicted molar refractivity (Wildman–Crippen MR) is 76.8 cm³/mol. The molecule has 0 atom stereocenters. The Balaban J connectivity index is 1.69. The van der Waals surface area contributed by atoms with Crippen LogP contribution in [-0.4, -0.2) is 17.0 Å². The van der Waals surface area contributed by atoms with Crippen molar-refractivity contribution in [2.75, 3.05) is 5.32 Å². The van der Waals surface area contributed by atoms with Gasteiger partial charge in [0.1, 0.15) is 17.9 Å². The van der Waals surface area contributed by atoms with Crippen LogP contribution < -0.4 is 5.32 Å². The summed E-state index contributed by atoms with van der Waals surface area (Å²) >= 11 is 0. The Hall–Kier alpha value is -2.56. The summed E-state index contributed by atoms with van der Waals surface area (Å²) in [5, 5.41) is 11.6. The van der Waals surface area contributed by atoms with Gasteiger partial charge in [0.25, 0.3) is 0 Å². The van der Waals surface area contributed by atoms with E-state index in [1.165, 1.54) is 0 Å². The molecule has 2 N–H and O–H groups in total. The second-order valence-electron chi connectivity index (χ2n) is 5.18. The van der Waals surface area contributed by atoms with Crippen molar-refractivity contribution in [2.24, 2.45) is 5.92 Å². The number of rotatable bonds is 5. The van der Waals surface area contributed by atoms with Crippen LogP contribution in [0.3, 0.4) is 0 Å². The lowest BCUT2D eigenvalue weighted by Gasteiger charge is -2.04. The molecule has 1 saturated carbocycles. The van der Waals surface area contributed by atoms with Crippen molar-refractivity contribution in [3.63, 3.8) is 0 Å². The maximum absolute atomic E-state index is 11.7. The van der Waals surface area contributed by atoms with Gasteiger partial charge in [-0.05, 0) is 49.2 Å². The quantitative estimate of drug-likeness (QED) is 0.885. The van der Waals surface area contributed by atoms with Gasteiger partial charge < -0.3 is 14.8 Å².